The lowest BCUT2D eigenvalue weighted by molar-refractivity contribution is 0.0993. The molecule has 0 radical (unpaired) electrons. The molecule has 4 rings (SSSR count). The van der Waals surface area contributed by atoms with Crippen molar-refractivity contribution in [3.8, 4) is 17.0 Å². The Labute approximate surface area is 176 Å². The van der Waals surface area contributed by atoms with Crippen LogP contribution in [-0.2, 0) is 6.61 Å². The van der Waals surface area contributed by atoms with E-state index in [-0.39, 0.29) is 18.1 Å². The van der Waals surface area contributed by atoms with E-state index in [1.165, 1.54) is 0 Å². The highest BCUT2D eigenvalue weighted by Gasteiger charge is 2.13. The summed E-state index contributed by atoms with van der Waals surface area (Å²) >= 11 is 1.58. The zero-order valence-corrected chi connectivity index (χ0v) is 16.9. The number of ether oxygens (including phenoxy) is 1. The molecule has 2 aromatic heterocycles. The minimum atomic E-state index is -0.515. The molecule has 0 fully saturated rings. The first-order valence-electron chi connectivity index (χ1n) is 9.22. The Morgan fingerprint density at radius 1 is 1.13 bits per heavy atom. The first-order chi connectivity index (χ1) is 14.6. The number of aryl methyl sites for hydroxylation is 1. The molecule has 0 aliphatic heterocycles. The summed E-state index contributed by atoms with van der Waals surface area (Å²) in [6.07, 6.45) is 1.16. The number of carbonyl (C=O) groups excluding carboxylic acids is 1. The average Bonchev–Trinajstić information content (AvgIpc) is 3.20. The van der Waals surface area contributed by atoms with Crippen LogP contribution >= 0.6 is 11.3 Å². The monoisotopic (exact) mass is 418 g/mol. The molecule has 0 aliphatic rings. The van der Waals surface area contributed by atoms with Crippen LogP contribution in [0.4, 0.5) is 5.69 Å². The fourth-order valence-corrected chi connectivity index (χ4v) is 3.39. The third-order valence-electron chi connectivity index (χ3n) is 4.32. The summed E-state index contributed by atoms with van der Waals surface area (Å²) in [5.74, 6) is -0.552. The van der Waals surface area contributed by atoms with Crippen molar-refractivity contribution >= 4 is 22.9 Å². The Kier molecular flexibility index (Phi) is 5.72. The number of carbonyl (C=O) groups is 1. The number of hydrogen-bond acceptors (Lipinski definition) is 6. The van der Waals surface area contributed by atoms with E-state index < -0.39 is 11.3 Å². The minimum Gasteiger partial charge on any atom is -0.482 e. The molecular formula is C23H18N2O4S. The maximum atomic E-state index is 12.4. The molecule has 6 nitrogen and oxygen atoms in total. The van der Waals surface area contributed by atoms with Crippen LogP contribution in [0.1, 0.15) is 21.1 Å². The second-order valence-corrected chi connectivity index (χ2v) is 7.59. The van der Waals surface area contributed by atoms with Gasteiger partial charge in [0.2, 0.25) is 11.2 Å². The zero-order valence-electron chi connectivity index (χ0n) is 16.1. The summed E-state index contributed by atoms with van der Waals surface area (Å²) in [5.41, 5.74) is 2.95. The van der Waals surface area contributed by atoms with Crippen LogP contribution in [0.2, 0.25) is 0 Å². The second kappa shape index (κ2) is 8.75. The Balaban J connectivity index is 1.41. The van der Waals surface area contributed by atoms with Crippen LogP contribution in [0.5, 0.6) is 5.75 Å². The fourth-order valence-electron chi connectivity index (χ4n) is 2.77. The SMILES string of the molecule is Cc1nc(-c2ccc(NC(=O)c3cc(=O)c(OCc4ccccc4)co3)cc2)cs1. The molecule has 0 atom stereocenters. The van der Waals surface area contributed by atoms with Crippen molar-refractivity contribution in [2.24, 2.45) is 0 Å². The third kappa shape index (κ3) is 4.64. The average molecular weight is 418 g/mol. The topological polar surface area (TPSA) is 81.4 Å². The van der Waals surface area contributed by atoms with Gasteiger partial charge >= 0.3 is 0 Å². The van der Waals surface area contributed by atoms with Crippen molar-refractivity contribution in [1.82, 2.24) is 4.98 Å². The summed E-state index contributed by atoms with van der Waals surface area (Å²) < 4.78 is 10.8. The van der Waals surface area contributed by atoms with Gasteiger partial charge in [-0.05, 0) is 24.6 Å². The molecule has 0 unspecified atom stereocenters. The molecule has 7 heteroatoms. The zero-order chi connectivity index (χ0) is 20.9. The Bertz CT molecular complexity index is 1210. The van der Waals surface area contributed by atoms with Gasteiger partial charge in [0.1, 0.15) is 12.9 Å². The highest BCUT2D eigenvalue weighted by molar-refractivity contribution is 7.09. The number of benzene rings is 2. The van der Waals surface area contributed by atoms with E-state index in [1.54, 1.807) is 23.5 Å². The third-order valence-corrected chi connectivity index (χ3v) is 5.09. The predicted octanol–water partition coefficient (Wildman–Crippen LogP) is 4.90. The summed E-state index contributed by atoms with van der Waals surface area (Å²) in [4.78, 5) is 29.1. The Hall–Kier alpha value is -3.71. The highest BCUT2D eigenvalue weighted by Crippen LogP contribution is 2.23. The van der Waals surface area contributed by atoms with Crippen LogP contribution < -0.4 is 15.5 Å². The molecule has 1 N–H and O–H groups in total. The van der Waals surface area contributed by atoms with E-state index in [2.05, 4.69) is 10.3 Å². The van der Waals surface area contributed by atoms with Crippen molar-refractivity contribution in [3.05, 3.63) is 98.9 Å². The summed E-state index contributed by atoms with van der Waals surface area (Å²) in [6.45, 7) is 2.19. The van der Waals surface area contributed by atoms with E-state index in [4.69, 9.17) is 9.15 Å². The molecular weight excluding hydrogens is 400 g/mol. The molecule has 4 aromatic rings. The quantitative estimate of drug-likeness (QED) is 0.481. The van der Waals surface area contributed by atoms with E-state index >= 15 is 0 Å². The number of rotatable bonds is 6. The van der Waals surface area contributed by atoms with Gasteiger partial charge in [0.15, 0.2) is 5.76 Å². The molecule has 0 saturated carbocycles. The van der Waals surface area contributed by atoms with Crippen LogP contribution in [0.3, 0.4) is 0 Å². The van der Waals surface area contributed by atoms with Crippen molar-refractivity contribution in [3.63, 3.8) is 0 Å². The summed E-state index contributed by atoms with van der Waals surface area (Å²) in [6, 6.07) is 17.9. The Morgan fingerprint density at radius 2 is 1.90 bits per heavy atom. The van der Waals surface area contributed by atoms with Crippen molar-refractivity contribution in [2.75, 3.05) is 5.32 Å². The molecule has 2 heterocycles. The number of hydrogen-bond donors (Lipinski definition) is 1. The molecule has 1 amide bonds. The fraction of sp³-hybridized carbons (Fsp3) is 0.0870. The normalized spacial score (nSPS) is 10.6. The van der Waals surface area contributed by atoms with E-state index in [0.717, 1.165) is 34.2 Å². The van der Waals surface area contributed by atoms with Gasteiger partial charge in [0.05, 0.1) is 10.7 Å². The van der Waals surface area contributed by atoms with Crippen LogP contribution in [-0.4, -0.2) is 10.9 Å². The van der Waals surface area contributed by atoms with Crippen LogP contribution in [0.15, 0.2) is 81.5 Å². The van der Waals surface area contributed by atoms with Crippen molar-refractivity contribution in [2.45, 2.75) is 13.5 Å². The van der Waals surface area contributed by atoms with Gasteiger partial charge in [-0.1, -0.05) is 42.5 Å². The summed E-state index contributed by atoms with van der Waals surface area (Å²) in [5, 5.41) is 5.70. The standard InChI is InChI=1S/C23H18N2O4S/c1-15-24-19(14-30-15)17-7-9-18(10-8-17)25-23(27)21-11-20(26)22(13-29-21)28-12-16-5-3-2-4-6-16/h2-11,13-14H,12H2,1H3,(H,25,27). The molecule has 0 bridgehead atoms. The maximum absolute atomic E-state index is 12.4. The number of anilines is 1. The lowest BCUT2D eigenvalue weighted by atomic mass is 10.1. The van der Waals surface area contributed by atoms with Gasteiger partial charge in [-0.25, -0.2) is 4.98 Å². The molecule has 0 spiro atoms. The predicted molar refractivity (Wildman–Crippen MR) is 116 cm³/mol. The molecule has 2 aromatic carbocycles. The minimum absolute atomic E-state index is 0.0540. The number of thiazole rings is 1. The molecule has 150 valence electrons. The van der Waals surface area contributed by atoms with E-state index in [9.17, 15) is 9.59 Å². The lowest BCUT2D eigenvalue weighted by Crippen LogP contribution is -2.15. The lowest BCUT2D eigenvalue weighted by Gasteiger charge is -2.07. The van der Waals surface area contributed by atoms with Gasteiger partial charge in [-0.3, -0.25) is 9.59 Å². The van der Waals surface area contributed by atoms with E-state index in [1.807, 2.05) is 54.8 Å². The number of nitrogens with one attached hydrogen (secondary N) is 1. The van der Waals surface area contributed by atoms with Gasteiger partial charge in [0.25, 0.3) is 5.91 Å². The van der Waals surface area contributed by atoms with Crippen LogP contribution in [0.25, 0.3) is 11.3 Å². The number of amides is 1. The van der Waals surface area contributed by atoms with Gasteiger partial charge in [-0.2, -0.15) is 0 Å². The highest BCUT2D eigenvalue weighted by atomic mass is 32.1. The van der Waals surface area contributed by atoms with E-state index in [0.29, 0.717) is 5.69 Å². The molecule has 0 aliphatic carbocycles. The van der Waals surface area contributed by atoms with Gasteiger partial charge in [0, 0.05) is 22.7 Å². The van der Waals surface area contributed by atoms with Crippen molar-refractivity contribution in [1.29, 1.82) is 0 Å². The summed E-state index contributed by atoms with van der Waals surface area (Å²) in [7, 11) is 0. The molecule has 30 heavy (non-hydrogen) atoms. The smallest absolute Gasteiger partial charge is 0.291 e. The first kappa shape index (κ1) is 19.6. The van der Waals surface area contributed by atoms with Crippen LogP contribution in [0, 0.1) is 6.92 Å². The maximum Gasteiger partial charge on any atom is 0.291 e. The first-order valence-corrected chi connectivity index (χ1v) is 10.1. The molecule has 0 saturated heterocycles. The Morgan fingerprint density at radius 3 is 2.57 bits per heavy atom. The number of aromatic nitrogens is 1. The number of nitrogens with zero attached hydrogens (tertiary/aromatic N) is 1. The largest absolute Gasteiger partial charge is 0.482 e. The van der Waals surface area contributed by atoms with Crippen molar-refractivity contribution < 1.29 is 13.9 Å². The second-order valence-electron chi connectivity index (χ2n) is 6.53. The van der Waals surface area contributed by atoms with Gasteiger partial charge < -0.3 is 14.5 Å². The van der Waals surface area contributed by atoms with Gasteiger partial charge in [-0.15, -0.1) is 11.3 Å².